The fourth-order valence-corrected chi connectivity index (χ4v) is 6.00. The SMILES string of the molecule is N[C@@H]1CN2C(=O)c3ccccc3N(CC(=O)O)C(=O)[C@@H]2C1C(=O)OCC1c2ccccc2-c2ccccc21. The number of carboxylic acid groups (broad SMARTS) is 1. The van der Waals surface area contributed by atoms with Gasteiger partial charge in [-0.25, -0.2) is 0 Å². The molecule has 2 heterocycles. The minimum atomic E-state index is -1.26. The molecule has 0 bridgehead atoms. The number of carbonyl (C=O) groups excluding carboxylic acids is 3. The number of amides is 2. The number of fused-ring (bicyclic) bond motifs is 5. The zero-order valence-corrected chi connectivity index (χ0v) is 20.3. The van der Waals surface area contributed by atoms with Crippen LogP contribution in [0.5, 0.6) is 0 Å². The monoisotopic (exact) mass is 511 g/mol. The Labute approximate surface area is 218 Å². The number of aliphatic carboxylic acids is 1. The molecule has 9 nitrogen and oxygen atoms in total. The van der Waals surface area contributed by atoms with E-state index in [4.69, 9.17) is 10.5 Å². The van der Waals surface area contributed by atoms with Crippen molar-refractivity contribution in [3.05, 3.63) is 89.5 Å². The maximum atomic E-state index is 13.7. The van der Waals surface area contributed by atoms with Crippen molar-refractivity contribution in [1.29, 1.82) is 0 Å². The van der Waals surface area contributed by atoms with E-state index in [1.807, 2.05) is 48.5 Å². The number of rotatable bonds is 5. The quantitative estimate of drug-likeness (QED) is 0.503. The van der Waals surface area contributed by atoms with Gasteiger partial charge in [-0.3, -0.25) is 24.1 Å². The van der Waals surface area contributed by atoms with Crippen molar-refractivity contribution in [3.8, 4) is 11.1 Å². The average Bonchev–Trinajstić information content (AvgIpc) is 3.42. The summed E-state index contributed by atoms with van der Waals surface area (Å²) >= 11 is 0. The highest BCUT2D eigenvalue weighted by Crippen LogP contribution is 2.45. The number of benzene rings is 3. The van der Waals surface area contributed by atoms with Gasteiger partial charge in [0, 0.05) is 18.5 Å². The summed E-state index contributed by atoms with van der Waals surface area (Å²) in [5, 5.41) is 9.49. The Hall–Kier alpha value is -4.50. The van der Waals surface area contributed by atoms with E-state index >= 15 is 0 Å². The number of nitrogens with two attached hydrogens (primary N) is 1. The molecular weight excluding hydrogens is 486 g/mol. The lowest BCUT2D eigenvalue weighted by molar-refractivity contribution is -0.151. The molecule has 3 aromatic rings. The molecule has 9 heteroatoms. The molecule has 38 heavy (non-hydrogen) atoms. The molecule has 6 rings (SSSR count). The maximum Gasteiger partial charge on any atom is 0.323 e. The van der Waals surface area contributed by atoms with Crippen LogP contribution in [0.2, 0.25) is 0 Å². The fraction of sp³-hybridized carbons (Fsp3) is 0.241. The highest BCUT2D eigenvalue weighted by Gasteiger charge is 2.54. The highest BCUT2D eigenvalue weighted by molar-refractivity contribution is 6.13. The molecule has 0 radical (unpaired) electrons. The van der Waals surface area contributed by atoms with Crippen LogP contribution in [0.15, 0.2) is 72.8 Å². The third-order valence-electron chi connectivity index (χ3n) is 7.67. The second-order valence-corrected chi connectivity index (χ2v) is 9.78. The predicted molar refractivity (Wildman–Crippen MR) is 137 cm³/mol. The molecule has 2 aliphatic heterocycles. The van der Waals surface area contributed by atoms with E-state index in [1.165, 1.54) is 17.0 Å². The largest absolute Gasteiger partial charge is 0.480 e. The molecule has 0 saturated carbocycles. The van der Waals surface area contributed by atoms with Crippen molar-refractivity contribution in [2.45, 2.75) is 18.0 Å². The number of carboxylic acids is 1. The lowest BCUT2D eigenvalue weighted by atomic mass is 9.95. The van der Waals surface area contributed by atoms with Crippen LogP contribution in [-0.2, 0) is 19.1 Å². The van der Waals surface area contributed by atoms with Gasteiger partial charge in [-0.2, -0.15) is 0 Å². The van der Waals surface area contributed by atoms with Crippen molar-refractivity contribution in [3.63, 3.8) is 0 Å². The molecule has 2 amide bonds. The second kappa shape index (κ2) is 9.11. The summed E-state index contributed by atoms with van der Waals surface area (Å²) in [4.78, 5) is 54.6. The van der Waals surface area contributed by atoms with Crippen molar-refractivity contribution in [2.24, 2.45) is 11.7 Å². The molecule has 1 unspecified atom stereocenters. The molecule has 3 aliphatic rings. The number of ether oxygens (including phenoxy) is 1. The maximum absolute atomic E-state index is 13.7. The lowest BCUT2D eigenvalue weighted by Crippen LogP contribution is -2.51. The summed E-state index contributed by atoms with van der Waals surface area (Å²) in [6, 6.07) is 20.1. The van der Waals surface area contributed by atoms with E-state index < -0.39 is 48.3 Å². The summed E-state index contributed by atoms with van der Waals surface area (Å²) < 4.78 is 5.82. The number of hydrogen-bond acceptors (Lipinski definition) is 6. The fourth-order valence-electron chi connectivity index (χ4n) is 6.00. The van der Waals surface area contributed by atoms with Gasteiger partial charge in [0.25, 0.3) is 11.8 Å². The van der Waals surface area contributed by atoms with Crippen molar-refractivity contribution < 1.29 is 29.0 Å². The zero-order valence-electron chi connectivity index (χ0n) is 20.3. The molecule has 0 aromatic heterocycles. The van der Waals surface area contributed by atoms with Crippen LogP contribution in [0.3, 0.4) is 0 Å². The summed E-state index contributed by atoms with van der Waals surface area (Å²) in [7, 11) is 0. The molecule has 0 spiro atoms. The van der Waals surface area contributed by atoms with Gasteiger partial charge in [-0.05, 0) is 34.4 Å². The molecule has 192 valence electrons. The second-order valence-electron chi connectivity index (χ2n) is 9.78. The minimum absolute atomic E-state index is 0.0284. The van der Waals surface area contributed by atoms with E-state index in [9.17, 15) is 24.3 Å². The summed E-state index contributed by atoms with van der Waals surface area (Å²) in [5.74, 6) is -4.39. The Balaban J connectivity index is 1.30. The normalized spacial score (nSPS) is 21.9. The summed E-state index contributed by atoms with van der Waals surface area (Å²) in [6.45, 7) is -0.635. The number of anilines is 1. The van der Waals surface area contributed by atoms with Crippen LogP contribution >= 0.6 is 0 Å². The van der Waals surface area contributed by atoms with E-state index in [0.717, 1.165) is 27.2 Å². The molecular formula is C29H25N3O6. The first kappa shape index (κ1) is 23.9. The van der Waals surface area contributed by atoms with Gasteiger partial charge in [-0.15, -0.1) is 0 Å². The Bertz CT molecular complexity index is 1440. The highest BCUT2D eigenvalue weighted by atomic mass is 16.5. The molecule has 3 N–H and O–H groups in total. The predicted octanol–water partition coefficient (Wildman–Crippen LogP) is 2.24. The lowest BCUT2D eigenvalue weighted by Gasteiger charge is -2.28. The van der Waals surface area contributed by atoms with Crippen LogP contribution in [0.1, 0.15) is 27.4 Å². The van der Waals surface area contributed by atoms with E-state index in [-0.39, 0.29) is 30.3 Å². The molecule has 3 atom stereocenters. The molecule has 3 aromatic carbocycles. The number of para-hydroxylation sites is 1. The molecule has 1 fully saturated rings. The van der Waals surface area contributed by atoms with E-state index in [1.54, 1.807) is 12.1 Å². The zero-order chi connectivity index (χ0) is 26.6. The standard InChI is InChI=1S/C29H25N3O6/c30-22-13-32-26(28(36)31(14-24(33)34)23-12-6-5-11-20(23)27(32)35)25(22)29(37)38-15-21-18-9-3-1-7-16(18)17-8-2-4-10-19(17)21/h1-12,21-22,25-26H,13-15,30H2,(H,33,34)/t22-,25?,26+/m1/s1. The topological polar surface area (TPSA) is 130 Å². The first-order valence-corrected chi connectivity index (χ1v) is 12.4. The van der Waals surface area contributed by atoms with E-state index in [2.05, 4.69) is 0 Å². The van der Waals surface area contributed by atoms with Crippen molar-refractivity contribution in [2.75, 3.05) is 24.6 Å². The summed E-state index contributed by atoms with van der Waals surface area (Å²) in [5.41, 5.74) is 11.0. The number of esters is 1. The first-order chi connectivity index (χ1) is 18.4. The van der Waals surface area contributed by atoms with Gasteiger partial charge < -0.3 is 20.5 Å². The van der Waals surface area contributed by atoms with E-state index in [0.29, 0.717) is 0 Å². The van der Waals surface area contributed by atoms with Crippen LogP contribution in [-0.4, -0.2) is 65.5 Å². The van der Waals surface area contributed by atoms with Gasteiger partial charge in [0.2, 0.25) is 0 Å². The van der Waals surface area contributed by atoms with Crippen LogP contribution in [0, 0.1) is 5.92 Å². The van der Waals surface area contributed by atoms with Gasteiger partial charge in [0.1, 0.15) is 25.1 Å². The smallest absolute Gasteiger partial charge is 0.323 e. The van der Waals surface area contributed by atoms with Gasteiger partial charge >= 0.3 is 11.9 Å². The van der Waals surface area contributed by atoms with Crippen LogP contribution in [0.4, 0.5) is 5.69 Å². The number of nitrogens with zero attached hydrogens (tertiary/aromatic N) is 2. The minimum Gasteiger partial charge on any atom is -0.480 e. The number of carbonyl (C=O) groups is 4. The van der Waals surface area contributed by atoms with Crippen LogP contribution in [0.25, 0.3) is 11.1 Å². The van der Waals surface area contributed by atoms with Gasteiger partial charge in [-0.1, -0.05) is 60.7 Å². The summed E-state index contributed by atoms with van der Waals surface area (Å²) in [6.07, 6.45) is 0. The third-order valence-corrected chi connectivity index (χ3v) is 7.67. The first-order valence-electron chi connectivity index (χ1n) is 12.4. The van der Waals surface area contributed by atoms with Crippen molar-refractivity contribution >= 4 is 29.4 Å². The number of hydrogen-bond donors (Lipinski definition) is 2. The molecule has 1 saturated heterocycles. The Kier molecular flexibility index (Phi) is 5.72. The molecule has 1 aliphatic carbocycles. The van der Waals surface area contributed by atoms with Crippen molar-refractivity contribution in [1.82, 2.24) is 4.90 Å². The average molecular weight is 512 g/mol. The Morgan fingerprint density at radius 3 is 2.11 bits per heavy atom. The van der Waals surface area contributed by atoms with Gasteiger partial charge in [0.15, 0.2) is 0 Å². The Morgan fingerprint density at radius 1 is 0.895 bits per heavy atom. The van der Waals surface area contributed by atoms with Gasteiger partial charge in [0.05, 0.1) is 11.3 Å². The van der Waals surface area contributed by atoms with Crippen LogP contribution < -0.4 is 10.6 Å². The third kappa shape index (κ3) is 3.66. The Morgan fingerprint density at radius 2 is 1.47 bits per heavy atom.